The summed E-state index contributed by atoms with van der Waals surface area (Å²) >= 11 is 0. The van der Waals surface area contributed by atoms with Gasteiger partial charge in [0.15, 0.2) is 0 Å². The minimum atomic E-state index is -0.240. The Labute approximate surface area is 186 Å². The van der Waals surface area contributed by atoms with Crippen LogP contribution in [0.2, 0.25) is 0 Å². The maximum absolute atomic E-state index is 12.5. The van der Waals surface area contributed by atoms with Gasteiger partial charge < -0.3 is 20.9 Å². The summed E-state index contributed by atoms with van der Waals surface area (Å²) in [5.41, 5.74) is 9.80. The Kier molecular flexibility index (Phi) is 5.01. The fourth-order valence-electron chi connectivity index (χ4n) is 4.87. The number of hydrogen-bond donors (Lipinski definition) is 2. The Morgan fingerprint density at radius 3 is 2.50 bits per heavy atom. The van der Waals surface area contributed by atoms with Gasteiger partial charge in [-0.1, -0.05) is 30.3 Å². The molecule has 3 N–H and O–H groups in total. The number of benzene rings is 2. The van der Waals surface area contributed by atoms with Crippen molar-refractivity contribution in [2.45, 2.75) is 18.3 Å². The molecular weight excluding hydrogens is 402 g/mol. The van der Waals surface area contributed by atoms with Crippen LogP contribution in [0.25, 0.3) is 0 Å². The number of nitrogens with one attached hydrogen (secondary N) is 1. The monoisotopic (exact) mass is 427 g/mol. The molecule has 2 aromatic carbocycles. The Bertz CT molecular complexity index is 1150. The summed E-state index contributed by atoms with van der Waals surface area (Å²) in [6, 6.07) is 19.1. The zero-order valence-corrected chi connectivity index (χ0v) is 17.7. The standard InChI is InChI=1S/C25H25N5O2/c26-20-6-2-3-7-21(20)28-24(32)18-9-10-23(27-15-18)29-13-11-25(12-14-29)16-30(17-31)22-8-4-1-5-19(22)25/h1-10,15,17H,11-14,16,26H2,(H,28,32). The SMILES string of the molecule is Nc1ccccc1NC(=O)c1ccc(N2CCC3(CC2)CN(C=O)c2ccccc23)nc1. The zero-order valence-electron chi connectivity index (χ0n) is 17.7. The highest BCUT2D eigenvalue weighted by molar-refractivity contribution is 6.05. The minimum Gasteiger partial charge on any atom is -0.397 e. The van der Waals surface area contributed by atoms with Crippen molar-refractivity contribution < 1.29 is 9.59 Å². The second-order valence-electron chi connectivity index (χ2n) is 8.46. The lowest BCUT2D eigenvalue weighted by molar-refractivity contribution is -0.107. The van der Waals surface area contributed by atoms with Crippen LogP contribution >= 0.6 is 0 Å². The number of hydrogen-bond acceptors (Lipinski definition) is 5. The van der Waals surface area contributed by atoms with E-state index in [0.717, 1.165) is 50.4 Å². The number of amides is 2. The first-order valence-electron chi connectivity index (χ1n) is 10.8. The van der Waals surface area contributed by atoms with Gasteiger partial charge in [0.2, 0.25) is 6.41 Å². The minimum absolute atomic E-state index is 0.00342. The first-order valence-corrected chi connectivity index (χ1v) is 10.8. The highest BCUT2D eigenvalue weighted by atomic mass is 16.1. The van der Waals surface area contributed by atoms with Crippen LogP contribution in [0.5, 0.6) is 0 Å². The average molecular weight is 428 g/mol. The molecule has 5 rings (SSSR count). The molecule has 0 bridgehead atoms. The number of rotatable bonds is 4. The van der Waals surface area contributed by atoms with Gasteiger partial charge in [-0.15, -0.1) is 0 Å². The van der Waals surface area contributed by atoms with Crippen LogP contribution in [0.3, 0.4) is 0 Å². The molecule has 0 aliphatic carbocycles. The lowest BCUT2D eigenvalue weighted by Gasteiger charge is -2.40. The Morgan fingerprint density at radius 1 is 1.03 bits per heavy atom. The first kappa shape index (κ1) is 20.1. The van der Waals surface area contributed by atoms with E-state index in [4.69, 9.17) is 5.73 Å². The Balaban J connectivity index is 1.26. The summed E-state index contributed by atoms with van der Waals surface area (Å²) in [6.45, 7) is 2.43. The van der Waals surface area contributed by atoms with E-state index >= 15 is 0 Å². The molecule has 162 valence electrons. The van der Waals surface area contributed by atoms with Gasteiger partial charge in [-0.05, 0) is 48.7 Å². The van der Waals surface area contributed by atoms with Crippen molar-refractivity contribution in [3.05, 3.63) is 78.0 Å². The highest BCUT2D eigenvalue weighted by Gasteiger charge is 2.44. The smallest absolute Gasteiger partial charge is 0.257 e. The van der Waals surface area contributed by atoms with Crippen LogP contribution in [-0.2, 0) is 10.2 Å². The number of nitrogens with two attached hydrogens (primary N) is 1. The third-order valence-electron chi connectivity index (χ3n) is 6.65. The molecule has 2 amide bonds. The molecule has 0 radical (unpaired) electrons. The summed E-state index contributed by atoms with van der Waals surface area (Å²) in [7, 11) is 0. The van der Waals surface area contributed by atoms with Crippen LogP contribution in [0.1, 0.15) is 28.8 Å². The average Bonchev–Trinajstić information content (AvgIpc) is 3.14. The fraction of sp³-hybridized carbons (Fsp3) is 0.240. The summed E-state index contributed by atoms with van der Waals surface area (Å²) in [5, 5.41) is 2.83. The van der Waals surface area contributed by atoms with E-state index in [2.05, 4.69) is 27.3 Å². The largest absolute Gasteiger partial charge is 0.397 e. The maximum Gasteiger partial charge on any atom is 0.257 e. The van der Waals surface area contributed by atoms with Crippen LogP contribution in [0.4, 0.5) is 22.9 Å². The van der Waals surface area contributed by atoms with Gasteiger partial charge in [0.25, 0.3) is 5.91 Å². The fourth-order valence-corrected chi connectivity index (χ4v) is 4.87. The predicted octanol–water partition coefficient (Wildman–Crippen LogP) is 3.43. The molecular formula is C25H25N5O2. The van der Waals surface area contributed by atoms with Crippen LogP contribution < -0.4 is 20.9 Å². The van der Waals surface area contributed by atoms with Crippen LogP contribution in [-0.4, -0.2) is 36.9 Å². The van der Waals surface area contributed by atoms with Crippen molar-refractivity contribution >= 4 is 35.2 Å². The predicted molar refractivity (Wildman–Crippen MR) is 126 cm³/mol. The van der Waals surface area contributed by atoms with Crippen LogP contribution in [0, 0.1) is 0 Å². The molecule has 3 heterocycles. The quantitative estimate of drug-likeness (QED) is 0.492. The number of anilines is 4. The number of carbonyl (C=O) groups is 2. The van der Waals surface area contributed by atoms with Crippen molar-refractivity contribution in [3.8, 4) is 0 Å². The Morgan fingerprint density at radius 2 is 1.78 bits per heavy atom. The summed E-state index contributed by atoms with van der Waals surface area (Å²) in [4.78, 5) is 32.7. The molecule has 0 unspecified atom stereocenters. The third kappa shape index (κ3) is 3.45. The summed E-state index contributed by atoms with van der Waals surface area (Å²) in [5.74, 6) is 0.616. The van der Waals surface area contributed by atoms with Crippen molar-refractivity contribution in [3.63, 3.8) is 0 Å². The molecule has 0 atom stereocenters. The lowest BCUT2D eigenvalue weighted by Crippen LogP contribution is -2.45. The zero-order chi connectivity index (χ0) is 22.1. The van der Waals surface area contributed by atoms with Crippen molar-refractivity contribution in [2.24, 2.45) is 0 Å². The topological polar surface area (TPSA) is 91.6 Å². The van der Waals surface area contributed by atoms with E-state index in [-0.39, 0.29) is 11.3 Å². The number of nitrogens with zero attached hydrogens (tertiary/aromatic N) is 3. The van der Waals surface area contributed by atoms with Crippen molar-refractivity contribution in [1.29, 1.82) is 0 Å². The van der Waals surface area contributed by atoms with Gasteiger partial charge in [0.05, 0.1) is 16.9 Å². The van der Waals surface area contributed by atoms with E-state index in [1.54, 1.807) is 24.4 Å². The lowest BCUT2D eigenvalue weighted by atomic mass is 9.74. The van der Waals surface area contributed by atoms with Crippen molar-refractivity contribution in [1.82, 2.24) is 4.98 Å². The third-order valence-corrected chi connectivity index (χ3v) is 6.65. The second-order valence-corrected chi connectivity index (χ2v) is 8.46. The molecule has 1 spiro atoms. The molecule has 1 aromatic heterocycles. The number of pyridine rings is 1. The second kappa shape index (κ2) is 8.00. The van der Waals surface area contributed by atoms with Gasteiger partial charge in [0.1, 0.15) is 5.82 Å². The number of carbonyl (C=O) groups excluding carboxylic acids is 2. The summed E-state index contributed by atoms with van der Waals surface area (Å²) < 4.78 is 0. The number of nitrogen functional groups attached to an aromatic ring is 1. The molecule has 1 fully saturated rings. The number of aromatic nitrogens is 1. The van der Waals surface area contributed by atoms with Gasteiger partial charge in [-0.2, -0.15) is 0 Å². The first-order chi connectivity index (χ1) is 15.6. The van der Waals surface area contributed by atoms with E-state index in [1.807, 2.05) is 35.2 Å². The number of piperidine rings is 1. The van der Waals surface area contributed by atoms with Gasteiger partial charge in [-0.3, -0.25) is 9.59 Å². The number of fused-ring (bicyclic) bond motifs is 2. The molecule has 1 saturated heterocycles. The van der Waals surface area contributed by atoms with E-state index in [1.165, 1.54) is 5.56 Å². The highest BCUT2D eigenvalue weighted by Crippen LogP contribution is 2.46. The van der Waals surface area contributed by atoms with Crippen molar-refractivity contribution in [2.75, 3.05) is 40.5 Å². The maximum atomic E-state index is 12.5. The normalized spacial score (nSPS) is 16.6. The molecule has 7 nitrogen and oxygen atoms in total. The van der Waals surface area contributed by atoms with Gasteiger partial charge >= 0.3 is 0 Å². The van der Waals surface area contributed by atoms with Crippen LogP contribution in [0.15, 0.2) is 66.9 Å². The van der Waals surface area contributed by atoms with Gasteiger partial charge in [0, 0.05) is 36.9 Å². The molecule has 2 aliphatic heterocycles. The van der Waals surface area contributed by atoms with Gasteiger partial charge in [-0.25, -0.2) is 4.98 Å². The van der Waals surface area contributed by atoms with E-state index in [0.29, 0.717) is 16.9 Å². The number of para-hydroxylation sites is 3. The molecule has 3 aromatic rings. The molecule has 0 saturated carbocycles. The Hall–Kier alpha value is -3.87. The molecule has 2 aliphatic rings. The van der Waals surface area contributed by atoms with E-state index in [9.17, 15) is 9.59 Å². The molecule has 32 heavy (non-hydrogen) atoms. The summed E-state index contributed by atoms with van der Waals surface area (Å²) in [6.07, 6.45) is 4.44. The molecule has 7 heteroatoms. The van der Waals surface area contributed by atoms with E-state index < -0.39 is 0 Å².